The summed E-state index contributed by atoms with van der Waals surface area (Å²) in [6.45, 7) is 0. The maximum atomic E-state index is 6.33. The average molecular weight is 420 g/mol. The Labute approximate surface area is 186 Å². The third kappa shape index (κ3) is 2.64. The van der Waals surface area contributed by atoms with Crippen molar-refractivity contribution < 1.29 is 0 Å². The van der Waals surface area contributed by atoms with Gasteiger partial charge in [-0.05, 0) is 64.9 Å². The van der Waals surface area contributed by atoms with E-state index >= 15 is 0 Å². The summed E-state index contributed by atoms with van der Waals surface area (Å²) in [7, 11) is 1.90. The maximum absolute atomic E-state index is 6.33. The molecule has 1 aliphatic heterocycles. The Kier molecular flexibility index (Phi) is 3.65. The van der Waals surface area contributed by atoms with Crippen molar-refractivity contribution in [3.05, 3.63) is 66.5 Å². The second-order valence-electron chi connectivity index (χ2n) is 9.29. The summed E-state index contributed by atoms with van der Waals surface area (Å²) < 4.78 is 0. The van der Waals surface area contributed by atoms with Gasteiger partial charge in [-0.1, -0.05) is 36.4 Å². The third-order valence-corrected chi connectivity index (χ3v) is 7.36. The van der Waals surface area contributed by atoms with Crippen LogP contribution in [-0.4, -0.2) is 23.1 Å². The molecular formula is C27H25N5. The lowest BCUT2D eigenvalue weighted by atomic mass is 9.97. The topological polar surface area (TPSA) is 78.8 Å². The van der Waals surface area contributed by atoms with E-state index in [1.165, 1.54) is 34.7 Å². The van der Waals surface area contributed by atoms with E-state index in [-0.39, 0.29) is 0 Å². The SMILES string of the molecule is CNc1ccc2cc(-c3ccc4c(ccc5[nH]c([C@@H]6CC7C[C@H]7N6)nc54)c3)ccc2c1N. The van der Waals surface area contributed by atoms with Gasteiger partial charge in [0.2, 0.25) is 0 Å². The zero-order chi connectivity index (χ0) is 21.4. The number of nitrogens with one attached hydrogen (secondary N) is 3. The molecule has 1 saturated heterocycles. The van der Waals surface area contributed by atoms with Gasteiger partial charge in [0.1, 0.15) is 5.82 Å². The minimum absolute atomic E-state index is 0.369. The number of benzene rings is 4. The number of aromatic nitrogens is 2. The first-order valence-electron chi connectivity index (χ1n) is 11.4. The van der Waals surface area contributed by atoms with Gasteiger partial charge in [-0.2, -0.15) is 0 Å². The number of nitrogens with two attached hydrogens (primary N) is 1. The molecular weight excluding hydrogens is 394 g/mol. The minimum atomic E-state index is 0.369. The lowest BCUT2D eigenvalue weighted by molar-refractivity contribution is 0.544. The molecule has 1 aliphatic carbocycles. The van der Waals surface area contributed by atoms with Gasteiger partial charge in [0.05, 0.1) is 28.5 Å². The zero-order valence-corrected chi connectivity index (χ0v) is 17.9. The van der Waals surface area contributed by atoms with Gasteiger partial charge in [-0.3, -0.25) is 0 Å². The Morgan fingerprint density at radius 3 is 2.41 bits per heavy atom. The monoisotopic (exact) mass is 419 g/mol. The van der Waals surface area contributed by atoms with E-state index in [2.05, 4.69) is 70.2 Å². The van der Waals surface area contributed by atoms with Crippen molar-refractivity contribution in [2.24, 2.45) is 5.92 Å². The lowest BCUT2D eigenvalue weighted by Gasteiger charge is -2.11. The van der Waals surface area contributed by atoms with E-state index < -0.39 is 0 Å². The molecule has 0 amide bonds. The number of H-pyrrole nitrogens is 1. The number of imidazole rings is 1. The fraction of sp³-hybridized carbons (Fsp3) is 0.222. The summed E-state index contributed by atoms with van der Waals surface area (Å²) in [6.07, 6.45) is 2.54. The van der Waals surface area contributed by atoms with E-state index in [4.69, 9.17) is 10.7 Å². The fourth-order valence-electron chi connectivity index (χ4n) is 5.45. The molecule has 5 N–H and O–H groups in total. The number of piperidine rings is 1. The number of hydrogen-bond donors (Lipinski definition) is 4. The van der Waals surface area contributed by atoms with Gasteiger partial charge < -0.3 is 21.4 Å². The highest BCUT2D eigenvalue weighted by Crippen LogP contribution is 2.46. The van der Waals surface area contributed by atoms with Crippen LogP contribution >= 0.6 is 0 Å². The average Bonchev–Trinajstić information content (AvgIpc) is 3.22. The van der Waals surface area contributed by atoms with Crippen LogP contribution < -0.4 is 16.4 Å². The Balaban J connectivity index is 1.29. The standard InChI is InChI=1S/C27H25N5/c1-29-21-8-4-16-10-14(2-6-19(16)25(21)28)15-3-7-20-17(11-15)5-9-22-26(20)32-27(31-22)24-13-18-12-23(18)30-24/h2-11,18,23-24,29-30H,12-13,28H2,1H3,(H,31,32)/t18?,23-,24+/m1/s1. The van der Waals surface area contributed by atoms with Crippen LogP contribution in [0.1, 0.15) is 24.7 Å². The number of rotatable bonds is 3. The molecule has 4 aromatic carbocycles. The van der Waals surface area contributed by atoms with Crippen molar-refractivity contribution >= 4 is 44.0 Å². The number of hydrogen-bond acceptors (Lipinski definition) is 4. The van der Waals surface area contributed by atoms with Gasteiger partial charge in [0.25, 0.3) is 0 Å². The summed E-state index contributed by atoms with van der Waals surface area (Å²) in [5.41, 5.74) is 12.6. The predicted octanol–water partition coefficient (Wildman–Crippen LogP) is 5.58. The summed E-state index contributed by atoms with van der Waals surface area (Å²) in [5, 5.41) is 11.5. The molecule has 0 spiro atoms. The van der Waals surface area contributed by atoms with Crippen molar-refractivity contribution in [1.82, 2.24) is 15.3 Å². The first kappa shape index (κ1) is 18.0. The Morgan fingerprint density at radius 1 is 0.906 bits per heavy atom. The van der Waals surface area contributed by atoms with E-state index in [9.17, 15) is 0 Å². The van der Waals surface area contributed by atoms with Crippen molar-refractivity contribution in [2.45, 2.75) is 24.9 Å². The fourth-order valence-corrected chi connectivity index (χ4v) is 5.45. The van der Waals surface area contributed by atoms with Crippen LogP contribution in [0.4, 0.5) is 11.4 Å². The number of anilines is 2. The van der Waals surface area contributed by atoms with Gasteiger partial charge in [0, 0.05) is 23.9 Å². The first-order valence-corrected chi connectivity index (χ1v) is 11.4. The van der Waals surface area contributed by atoms with E-state index in [0.29, 0.717) is 6.04 Å². The normalized spacial score (nSPS) is 22.0. The zero-order valence-electron chi connectivity index (χ0n) is 17.9. The Bertz CT molecular complexity index is 1520. The molecule has 5 heteroatoms. The van der Waals surface area contributed by atoms with E-state index in [1.54, 1.807) is 0 Å². The van der Waals surface area contributed by atoms with Crippen molar-refractivity contribution in [3.63, 3.8) is 0 Å². The molecule has 2 heterocycles. The van der Waals surface area contributed by atoms with Crippen molar-refractivity contribution in [1.29, 1.82) is 0 Å². The van der Waals surface area contributed by atoms with Gasteiger partial charge in [-0.25, -0.2) is 4.98 Å². The maximum Gasteiger partial charge on any atom is 0.124 e. The minimum Gasteiger partial charge on any atom is -0.397 e. The van der Waals surface area contributed by atoms with E-state index in [1.807, 2.05) is 13.1 Å². The summed E-state index contributed by atoms with van der Waals surface area (Å²) in [5.74, 6) is 1.94. The predicted molar refractivity (Wildman–Crippen MR) is 133 cm³/mol. The molecule has 158 valence electrons. The van der Waals surface area contributed by atoms with Crippen LogP contribution in [0.5, 0.6) is 0 Å². The molecule has 7 rings (SSSR count). The molecule has 2 aliphatic rings. The molecule has 0 bridgehead atoms. The Morgan fingerprint density at radius 2 is 1.66 bits per heavy atom. The summed E-state index contributed by atoms with van der Waals surface area (Å²) >= 11 is 0. The highest BCUT2D eigenvalue weighted by Gasteiger charge is 2.46. The second-order valence-corrected chi connectivity index (χ2v) is 9.29. The smallest absolute Gasteiger partial charge is 0.124 e. The van der Waals surface area contributed by atoms with Gasteiger partial charge >= 0.3 is 0 Å². The number of aromatic amines is 1. The van der Waals surface area contributed by atoms with Crippen LogP contribution in [0.2, 0.25) is 0 Å². The molecule has 1 unspecified atom stereocenters. The van der Waals surface area contributed by atoms with Crippen LogP contribution in [0, 0.1) is 5.92 Å². The number of nitrogens with zero attached hydrogens (tertiary/aromatic N) is 1. The summed E-state index contributed by atoms with van der Waals surface area (Å²) in [4.78, 5) is 8.57. The van der Waals surface area contributed by atoms with Gasteiger partial charge in [0.15, 0.2) is 0 Å². The molecule has 2 fully saturated rings. The van der Waals surface area contributed by atoms with E-state index in [0.717, 1.165) is 51.0 Å². The van der Waals surface area contributed by atoms with Crippen LogP contribution in [-0.2, 0) is 0 Å². The van der Waals surface area contributed by atoms with Crippen LogP contribution in [0.25, 0.3) is 43.7 Å². The quantitative estimate of drug-likeness (QED) is 0.288. The molecule has 5 nitrogen and oxygen atoms in total. The molecule has 1 aromatic heterocycles. The van der Waals surface area contributed by atoms with Crippen molar-refractivity contribution in [2.75, 3.05) is 18.1 Å². The third-order valence-electron chi connectivity index (χ3n) is 7.36. The second kappa shape index (κ2) is 6.47. The van der Waals surface area contributed by atoms with Crippen LogP contribution in [0.15, 0.2) is 60.7 Å². The highest BCUT2D eigenvalue weighted by molar-refractivity contribution is 6.06. The molecule has 3 atom stereocenters. The molecule has 5 aromatic rings. The molecule has 0 radical (unpaired) electrons. The first-order chi connectivity index (χ1) is 15.7. The lowest BCUT2D eigenvalue weighted by Crippen LogP contribution is -2.18. The summed E-state index contributed by atoms with van der Waals surface area (Å²) in [6, 6.07) is 22.8. The molecule has 1 saturated carbocycles. The Hall–Kier alpha value is -3.57. The van der Waals surface area contributed by atoms with Gasteiger partial charge in [-0.15, -0.1) is 0 Å². The molecule has 32 heavy (non-hydrogen) atoms. The van der Waals surface area contributed by atoms with Crippen molar-refractivity contribution in [3.8, 4) is 11.1 Å². The number of nitrogen functional groups attached to an aromatic ring is 1. The highest BCUT2D eigenvalue weighted by atomic mass is 15.1. The van der Waals surface area contributed by atoms with Crippen LogP contribution in [0.3, 0.4) is 0 Å². The largest absolute Gasteiger partial charge is 0.397 e. The number of fused-ring (bicyclic) bond motifs is 5.